The molecule has 0 amide bonds. The van der Waals surface area contributed by atoms with E-state index in [0.29, 0.717) is 5.02 Å². The molecule has 1 aromatic carbocycles. The summed E-state index contributed by atoms with van der Waals surface area (Å²) in [5.41, 5.74) is 0.935. The number of hydrogen-bond donors (Lipinski definition) is 0. The quantitative estimate of drug-likeness (QED) is 0.732. The molecule has 1 nitrogen and oxygen atoms in total. The van der Waals surface area contributed by atoms with Crippen molar-refractivity contribution >= 4 is 33.8 Å². The van der Waals surface area contributed by atoms with E-state index in [0.717, 1.165) is 16.3 Å². The number of aldehydes is 1. The highest BCUT2D eigenvalue weighted by Gasteiger charge is 2.05. The van der Waals surface area contributed by atoms with E-state index < -0.39 is 0 Å². The zero-order valence-corrected chi connectivity index (χ0v) is 8.89. The van der Waals surface area contributed by atoms with Gasteiger partial charge in [0.25, 0.3) is 0 Å². The van der Waals surface area contributed by atoms with Crippen LogP contribution in [0, 0.1) is 0 Å². The van der Waals surface area contributed by atoms with Crippen molar-refractivity contribution in [1.82, 2.24) is 0 Å². The van der Waals surface area contributed by atoms with Crippen LogP contribution in [0.25, 0.3) is 0 Å². The van der Waals surface area contributed by atoms with Crippen LogP contribution in [0.4, 0.5) is 0 Å². The molecule has 0 aliphatic carbocycles. The molecule has 1 atom stereocenters. The van der Waals surface area contributed by atoms with Crippen molar-refractivity contribution in [3.8, 4) is 0 Å². The normalized spacial score (nSPS) is 12.6. The van der Waals surface area contributed by atoms with Gasteiger partial charge in [-0.3, -0.25) is 0 Å². The number of carbonyl (C=O) groups excluding carboxylic acids is 1. The number of hydrogen-bond acceptors (Lipinski definition) is 1. The molecule has 0 spiro atoms. The largest absolute Gasteiger partial charge is 0.303 e. The fraction of sp³-hybridized carbons (Fsp3) is 0.222. The standard InChI is InChI=1S/C9H8BrClO/c1-6(5-12)7-2-8(10)4-9(11)3-7/h2-6H,1H3. The van der Waals surface area contributed by atoms with Crippen molar-refractivity contribution < 1.29 is 4.79 Å². The maximum atomic E-state index is 10.5. The molecule has 1 rings (SSSR count). The molecule has 0 radical (unpaired) electrons. The molecular weight excluding hydrogens is 239 g/mol. The van der Waals surface area contributed by atoms with E-state index in [4.69, 9.17) is 11.6 Å². The maximum Gasteiger partial charge on any atom is 0.127 e. The second-order valence-corrected chi connectivity index (χ2v) is 3.98. The molecule has 0 aromatic heterocycles. The third kappa shape index (κ3) is 2.32. The fourth-order valence-corrected chi connectivity index (χ4v) is 1.80. The summed E-state index contributed by atoms with van der Waals surface area (Å²) in [6, 6.07) is 5.49. The molecule has 1 unspecified atom stereocenters. The van der Waals surface area contributed by atoms with Crippen LogP contribution in [-0.4, -0.2) is 6.29 Å². The first-order chi connectivity index (χ1) is 5.63. The van der Waals surface area contributed by atoms with Crippen molar-refractivity contribution in [3.63, 3.8) is 0 Å². The van der Waals surface area contributed by atoms with Gasteiger partial charge in [-0.05, 0) is 23.8 Å². The van der Waals surface area contributed by atoms with Gasteiger partial charge in [0.1, 0.15) is 6.29 Å². The molecule has 0 saturated carbocycles. The first-order valence-corrected chi connectivity index (χ1v) is 4.72. The lowest BCUT2D eigenvalue weighted by Crippen LogP contribution is -1.93. The Labute approximate surface area is 84.9 Å². The van der Waals surface area contributed by atoms with Crippen LogP contribution >= 0.6 is 27.5 Å². The van der Waals surface area contributed by atoms with Crippen LogP contribution in [-0.2, 0) is 4.79 Å². The predicted octanol–water partition coefficient (Wildman–Crippen LogP) is 3.40. The van der Waals surface area contributed by atoms with Gasteiger partial charge in [-0.25, -0.2) is 0 Å². The second-order valence-electron chi connectivity index (χ2n) is 2.63. The predicted molar refractivity (Wildman–Crippen MR) is 53.6 cm³/mol. The monoisotopic (exact) mass is 246 g/mol. The highest BCUT2D eigenvalue weighted by atomic mass is 79.9. The van der Waals surface area contributed by atoms with Gasteiger partial charge in [-0.1, -0.05) is 34.5 Å². The molecule has 12 heavy (non-hydrogen) atoms. The van der Waals surface area contributed by atoms with E-state index >= 15 is 0 Å². The van der Waals surface area contributed by atoms with Gasteiger partial charge in [-0.15, -0.1) is 0 Å². The molecule has 0 saturated heterocycles. The van der Waals surface area contributed by atoms with Crippen LogP contribution in [0.5, 0.6) is 0 Å². The zero-order valence-electron chi connectivity index (χ0n) is 6.55. The number of halogens is 2. The Morgan fingerprint density at radius 1 is 1.50 bits per heavy atom. The highest BCUT2D eigenvalue weighted by Crippen LogP contribution is 2.23. The molecule has 0 fully saturated rings. The lowest BCUT2D eigenvalue weighted by molar-refractivity contribution is -0.108. The Morgan fingerprint density at radius 3 is 2.67 bits per heavy atom. The van der Waals surface area contributed by atoms with E-state index in [2.05, 4.69) is 15.9 Å². The van der Waals surface area contributed by atoms with E-state index in [-0.39, 0.29) is 5.92 Å². The van der Waals surface area contributed by atoms with E-state index in [1.54, 1.807) is 12.1 Å². The lowest BCUT2D eigenvalue weighted by atomic mass is 10.0. The van der Waals surface area contributed by atoms with Gasteiger partial charge < -0.3 is 4.79 Å². The molecule has 0 aliphatic heterocycles. The van der Waals surface area contributed by atoms with E-state index in [9.17, 15) is 4.79 Å². The van der Waals surface area contributed by atoms with Gasteiger partial charge in [0.2, 0.25) is 0 Å². The Kier molecular flexibility index (Phi) is 3.29. The molecule has 0 heterocycles. The SMILES string of the molecule is CC(C=O)c1cc(Cl)cc(Br)c1. The van der Waals surface area contributed by atoms with Crippen molar-refractivity contribution in [2.45, 2.75) is 12.8 Å². The number of carbonyl (C=O) groups is 1. The van der Waals surface area contributed by atoms with Gasteiger partial charge in [-0.2, -0.15) is 0 Å². The first-order valence-electron chi connectivity index (χ1n) is 3.55. The van der Waals surface area contributed by atoms with Crippen molar-refractivity contribution in [3.05, 3.63) is 33.3 Å². The Hall–Kier alpha value is -0.340. The molecule has 0 bridgehead atoms. The average Bonchev–Trinajstić information content (AvgIpc) is 2.01. The van der Waals surface area contributed by atoms with Crippen molar-refractivity contribution in [2.24, 2.45) is 0 Å². The topological polar surface area (TPSA) is 17.1 Å². The van der Waals surface area contributed by atoms with Gasteiger partial charge in [0.05, 0.1) is 0 Å². The minimum atomic E-state index is -0.0972. The van der Waals surface area contributed by atoms with Crippen LogP contribution in [0.3, 0.4) is 0 Å². The molecule has 3 heteroatoms. The summed E-state index contributed by atoms with van der Waals surface area (Å²) in [5.74, 6) is -0.0972. The minimum absolute atomic E-state index is 0.0972. The van der Waals surface area contributed by atoms with Crippen LogP contribution in [0.2, 0.25) is 5.02 Å². The van der Waals surface area contributed by atoms with Crippen molar-refractivity contribution in [2.75, 3.05) is 0 Å². The zero-order chi connectivity index (χ0) is 9.14. The lowest BCUT2D eigenvalue weighted by Gasteiger charge is -2.04. The van der Waals surface area contributed by atoms with Crippen LogP contribution in [0.1, 0.15) is 18.4 Å². The van der Waals surface area contributed by atoms with Gasteiger partial charge in [0, 0.05) is 15.4 Å². The third-order valence-corrected chi connectivity index (χ3v) is 2.29. The summed E-state index contributed by atoms with van der Waals surface area (Å²) in [6.45, 7) is 1.84. The number of benzene rings is 1. The van der Waals surface area contributed by atoms with Gasteiger partial charge in [0.15, 0.2) is 0 Å². The Bertz CT molecular complexity index is 278. The average molecular weight is 248 g/mol. The van der Waals surface area contributed by atoms with E-state index in [1.807, 2.05) is 13.0 Å². The van der Waals surface area contributed by atoms with Crippen LogP contribution in [0.15, 0.2) is 22.7 Å². The smallest absolute Gasteiger partial charge is 0.127 e. The highest BCUT2D eigenvalue weighted by molar-refractivity contribution is 9.10. The van der Waals surface area contributed by atoms with Crippen molar-refractivity contribution in [1.29, 1.82) is 0 Å². The summed E-state index contributed by atoms with van der Waals surface area (Å²) < 4.78 is 0.902. The summed E-state index contributed by atoms with van der Waals surface area (Å²) in [4.78, 5) is 10.5. The summed E-state index contributed by atoms with van der Waals surface area (Å²) in [5, 5.41) is 0.646. The summed E-state index contributed by atoms with van der Waals surface area (Å²) >= 11 is 9.12. The second kappa shape index (κ2) is 4.06. The van der Waals surface area contributed by atoms with Crippen LogP contribution < -0.4 is 0 Å². The Balaban J connectivity index is 3.08. The minimum Gasteiger partial charge on any atom is -0.303 e. The van der Waals surface area contributed by atoms with E-state index in [1.165, 1.54) is 0 Å². The summed E-state index contributed by atoms with van der Waals surface area (Å²) in [6.07, 6.45) is 0.901. The molecule has 0 N–H and O–H groups in total. The molecule has 0 aliphatic rings. The molecule has 64 valence electrons. The fourth-order valence-electron chi connectivity index (χ4n) is 0.917. The third-order valence-electron chi connectivity index (χ3n) is 1.61. The molecular formula is C9H8BrClO. The Morgan fingerprint density at radius 2 is 2.17 bits per heavy atom. The van der Waals surface area contributed by atoms with Gasteiger partial charge >= 0.3 is 0 Å². The summed E-state index contributed by atoms with van der Waals surface area (Å²) in [7, 11) is 0. The number of rotatable bonds is 2. The maximum absolute atomic E-state index is 10.5. The molecule has 1 aromatic rings. The first kappa shape index (κ1) is 9.75.